The number of methoxy groups -OCH3 is 1. The first kappa shape index (κ1) is 9.23. The molecule has 0 unspecified atom stereocenters. The standard InChI is InChI=1S/C6H13NO3/c1-5(9-3)4-10-6(8)7-2/h5H,4H2,1-3H3,(H,7,8)/t5-/m1/s1. The molecule has 0 saturated carbocycles. The van der Waals surface area contributed by atoms with E-state index in [0.717, 1.165) is 0 Å². The Bertz CT molecular complexity index is 105. The molecular formula is C6H13NO3. The van der Waals surface area contributed by atoms with Crippen LogP contribution in [0.25, 0.3) is 0 Å². The van der Waals surface area contributed by atoms with Gasteiger partial charge in [0.2, 0.25) is 0 Å². The number of alkyl carbamates (subject to hydrolysis) is 1. The molecule has 4 nitrogen and oxygen atoms in total. The Labute approximate surface area is 60.5 Å². The molecule has 0 bridgehead atoms. The number of nitrogens with one attached hydrogen (secondary N) is 1. The van der Waals surface area contributed by atoms with Crippen LogP contribution < -0.4 is 5.32 Å². The van der Waals surface area contributed by atoms with Crippen molar-refractivity contribution in [2.75, 3.05) is 20.8 Å². The summed E-state index contributed by atoms with van der Waals surface area (Å²) in [6, 6.07) is 0. The average Bonchev–Trinajstić information content (AvgIpc) is 1.99. The fourth-order valence-electron chi connectivity index (χ4n) is 0.333. The maximum absolute atomic E-state index is 10.4. The van der Waals surface area contributed by atoms with E-state index in [9.17, 15) is 4.79 Å². The lowest BCUT2D eigenvalue weighted by molar-refractivity contribution is 0.0467. The Balaban J connectivity index is 3.26. The van der Waals surface area contributed by atoms with E-state index in [1.807, 2.05) is 6.92 Å². The van der Waals surface area contributed by atoms with Crippen molar-refractivity contribution in [1.29, 1.82) is 0 Å². The van der Waals surface area contributed by atoms with Crippen molar-refractivity contribution in [2.45, 2.75) is 13.0 Å². The summed E-state index contributed by atoms with van der Waals surface area (Å²) in [5.74, 6) is 0. The van der Waals surface area contributed by atoms with Crippen molar-refractivity contribution >= 4 is 6.09 Å². The fraction of sp³-hybridized carbons (Fsp3) is 0.833. The van der Waals surface area contributed by atoms with Crippen molar-refractivity contribution in [1.82, 2.24) is 5.32 Å². The zero-order chi connectivity index (χ0) is 7.98. The van der Waals surface area contributed by atoms with Gasteiger partial charge in [-0.15, -0.1) is 0 Å². The third-order valence-corrected chi connectivity index (χ3v) is 1.06. The van der Waals surface area contributed by atoms with Crippen LogP contribution in [0.3, 0.4) is 0 Å². The van der Waals surface area contributed by atoms with Crippen LogP contribution in [0.4, 0.5) is 4.79 Å². The lowest BCUT2D eigenvalue weighted by Gasteiger charge is -2.08. The molecule has 1 N–H and O–H groups in total. The molecule has 0 fully saturated rings. The van der Waals surface area contributed by atoms with Crippen LogP contribution in [-0.2, 0) is 9.47 Å². The summed E-state index contributed by atoms with van der Waals surface area (Å²) < 4.78 is 9.51. The first-order valence-electron chi connectivity index (χ1n) is 3.08. The summed E-state index contributed by atoms with van der Waals surface area (Å²) >= 11 is 0. The summed E-state index contributed by atoms with van der Waals surface area (Å²) in [6.45, 7) is 2.11. The van der Waals surface area contributed by atoms with Crippen LogP contribution in [-0.4, -0.2) is 33.0 Å². The van der Waals surface area contributed by atoms with Gasteiger partial charge in [0.25, 0.3) is 0 Å². The Hall–Kier alpha value is -0.770. The van der Waals surface area contributed by atoms with Crippen molar-refractivity contribution < 1.29 is 14.3 Å². The molecule has 0 spiro atoms. The predicted octanol–water partition coefficient (Wildman–Crippen LogP) is 0.377. The monoisotopic (exact) mass is 147 g/mol. The van der Waals surface area contributed by atoms with E-state index >= 15 is 0 Å². The Morgan fingerprint density at radius 1 is 1.70 bits per heavy atom. The molecular weight excluding hydrogens is 134 g/mol. The molecule has 0 rings (SSSR count). The van der Waals surface area contributed by atoms with Crippen molar-refractivity contribution in [2.24, 2.45) is 0 Å². The topological polar surface area (TPSA) is 47.6 Å². The summed E-state index contributed by atoms with van der Waals surface area (Å²) in [7, 11) is 3.08. The lowest BCUT2D eigenvalue weighted by Crippen LogP contribution is -2.24. The molecule has 1 atom stereocenters. The Morgan fingerprint density at radius 2 is 2.30 bits per heavy atom. The van der Waals surface area contributed by atoms with Crippen LogP contribution in [0, 0.1) is 0 Å². The van der Waals surface area contributed by atoms with Crippen LogP contribution in [0.1, 0.15) is 6.92 Å². The van der Waals surface area contributed by atoms with Gasteiger partial charge in [-0.3, -0.25) is 0 Å². The second-order valence-corrected chi connectivity index (χ2v) is 1.89. The highest BCUT2D eigenvalue weighted by Gasteiger charge is 2.02. The quantitative estimate of drug-likeness (QED) is 0.627. The molecule has 0 saturated heterocycles. The van der Waals surface area contributed by atoms with E-state index in [2.05, 4.69) is 10.1 Å². The van der Waals surface area contributed by atoms with E-state index in [1.165, 1.54) is 7.05 Å². The third kappa shape index (κ3) is 4.14. The van der Waals surface area contributed by atoms with Crippen molar-refractivity contribution in [3.05, 3.63) is 0 Å². The van der Waals surface area contributed by atoms with Gasteiger partial charge in [0.15, 0.2) is 0 Å². The average molecular weight is 147 g/mol. The van der Waals surface area contributed by atoms with E-state index in [4.69, 9.17) is 4.74 Å². The van der Waals surface area contributed by atoms with Crippen LogP contribution >= 0.6 is 0 Å². The van der Waals surface area contributed by atoms with Gasteiger partial charge in [-0.2, -0.15) is 0 Å². The first-order valence-corrected chi connectivity index (χ1v) is 3.08. The molecule has 0 aromatic heterocycles. The maximum Gasteiger partial charge on any atom is 0.406 e. The second-order valence-electron chi connectivity index (χ2n) is 1.89. The lowest BCUT2D eigenvalue weighted by atomic mass is 10.4. The van der Waals surface area contributed by atoms with E-state index in [-0.39, 0.29) is 12.7 Å². The van der Waals surface area contributed by atoms with Gasteiger partial charge >= 0.3 is 6.09 Å². The SMILES string of the molecule is CNC(=O)OC[C@@H](C)OC. The number of carbonyl (C=O) groups is 1. The molecule has 0 aliphatic heterocycles. The van der Waals surface area contributed by atoms with Gasteiger partial charge in [0, 0.05) is 14.2 Å². The van der Waals surface area contributed by atoms with Crippen molar-refractivity contribution in [3.63, 3.8) is 0 Å². The van der Waals surface area contributed by atoms with Gasteiger partial charge in [-0.1, -0.05) is 0 Å². The zero-order valence-electron chi connectivity index (χ0n) is 6.51. The predicted molar refractivity (Wildman–Crippen MR) is 36.9 cm³/mol. The zero-order valence-corrected chi connectivity index (χ0v) is 6.51. The normalized spacial score (nSPS) is 12.3. The summed E-state index contributed by atoms with van der Waals surface area (Å²) in [5.41, 5.74) is 0. The van der Waals surface area contributed by atoms with Gasteiger partial charge in [-0.05, 0) is 6.92 Å². The maximum atomic E-state index is 10.4. The molecule has 0 aromatic rings. The minimum atomic E-state index is -0.427. The first-order chi connectivity index (χ1) is 4.70. The molecule has 0 aromatic carbocycles. The molecule has 0 heterocycles. The summed E-state index contributed by atoms with van der Waals surface area (Å²) in [4.78, 5) is 10.4. The van der Waals surface area contributed by atoms with Crippen LogP contribution in [0.2, 0.25) is 0 Å². The number of amides is 1. The number of hydrogen-bond acceptors (Lipinski definition) is 3. The van der Waals surface area contributed by atoms with E-state index < -0.39 is 6.09 Å². The molecule has 0 aliphatic carbocycles. The van der Waals surface area contributed by atoms with Gasteiger partial charge in [-0.25, -0.2) is 4.79 Å². The molecule has 10 heavy (non-hydrogen) atoms. The molecule has 0 aliphatic rings. The number of hydrogen-bond donors (Lipinski definition) is 1. The fourth-order valence-corrected chi connectivity index (χ4v) is 0.333. The molecule has 1 amide bonds. The van der Waals surface area contributed by atoms with Gasteiger partial charge in [0.1, 0.15) is 6.61 Å². The van der Waals surface area contributed by atoms with Gasteiger partial charge < -0.3 is 14.8 Å². The summed E-state index contributed by atoms with van der Waals surface area (Å²) in [5, 5.41) is 2.33. The smallest absolute Gasteiger partial charge is 0.406 e. The largest absolute Gasteiger partial charge is 0.447 e. The van der Waals surface area contributed by atoms with E-state index in [1.54, 1.807) is 7.11 Å². The van der Waals surface area contributed by atoms with Crippen LogP contribution in [0.5, 0.6) is 0 Å². The minimum Gasteiger partial charge on any atom is -0.447 e. The van der Waals surface area contributed by atoms with Crippen molar-refractivity contribution in [3.8, 4) is 0 Å². The highest BCUT2D eigenvalue weighted by molar-refractivity contribution is 5.66. The van der Waals surface area contributed by atoms with Crippen LogP contribution in [0.15, 0.2) is 0 Å². The minimum absolute atomic E-state index is 0.0442. The summed E-state index contributed by atoms with van der Waals surface area (Å²) in [6.07, 6.45) is -0.471. The Kier molecular flexibility index (Phi) is 4.66. The molecule has 0 radical (unpaired) electrons. The number of ether oxygens (including phenoxy) is 2. The third-order valence-electron chi connectivity index (χ3n) is 1.06. The highest BCUT2D eigenvalue weighted by Crippen LogP contribution is 1.88. The highest BCUT2D eigenvalue weighted by atomic mass is 16.6. The number of carbonyl (C=O) groups excluding carboxylic acids is 1. The number of rotatable bonds is 3. The van der Waals surface area contributed by atoms with E-state index in [0.29, 0.717) is 0 Å². The molecule has 4 heteroatoms. The Morgan fingerprint density at radius 3 is 2.70 bits per heavy atom. The van der Waals surface area contributed by atoms with Gasteiger partial charge in [0.05, 0.1) is 6.10 Å². The molecule has 60 valence electrons. The second kappa shape index (κ2) is 5.05.